The standard InChI is InChI=1S/C100H166N14O24/c1-17-78-61(5)65(9)89(108-69(13)115)97(135-78)131-53-32-25-39-82(119)101-45-29-23-36-76(112-85(122)41-27-34-55-133-99-91(110-71(15)117)67(11)63(7)80(19-3)137-99)95(128)106-49-47-104-93(126)73-58-74(60-75(59-73)130-57-51-103-84(121)38-22-21-31-52-114-87(124)43-44-88(114)125)94(127)105-48-50-107-96(129)77(113-86(123)42-28-35-56-134-100-92(111-72(16)118)68(12)64(8)81(20-4)138-100)37-24-30-46-102-83(120)40-26-33-54-132-98-90(109-70(14)116)66(10)62(6)79(18-2)136-98/h43-44,58-68,76-81,89-92,97-100H,17-42,45-57H2,1-16H3,(H,101,119)(H,102,120)(H,103,121)(H,104,126)(H,105,127)(H,106,128)(H,107,129)(H,108,115)(H,109,116)(H,110,117)(H,111,118)(H,112,122)(H,113,123)/t61?,62?,63?,64?,65?,66?,67?,68?,76-,77-,78?,79?,80?,81?,89?,90?,91?,92?,97?,98?,99?,100?/m0/s1. The summed E-state index contributed by atoms with van der Waals surface area (Å²) < 4.78 is 55.9. The second-order valence-electron chi connectivity index (χ2n) is 37.8. The van der Waals surface area contributed by atoms with E-state index in [1.807, 2.05) is 13.8 Å². The largest absolute Gasteiger partial charge is 0.492 e. The maximum Gasteiger partial charge on any atom is 0.253 e. The highest BCUT2D eigenvalue weighted by atomic mass is 16.7. The zero-order valence-electron chi connectivity index (χ0n) is 84.9. The van der Waals surface area contributed by atoms with Crippen molar-refractivity contribution < 1.29 is 115 Å². The lowest BCUT2D eigenvalue weighted by molar-refractivity contribution is -0.236. The molecular formula is C100H166N14O24. The summed E-state index contributed by atoms with van der Waals surface area (Å²) in [6.07, 6.45) is 11.2. The minimum absolute atomic E-state index is 0.0188. The van der Waals surface area contributed by atoms with Gasteiger partial charge in [0, 0.05) is 155 Å². The van der Waals surface area contributed by atoms with Gasteiger partial charge in [-0.2, -0.15) is 0 Å². The van der Waals surface area contributed by atoms with Gasteiger partial charge in [0.15, 0.2) is 25.2 Å². The van der Waals surface area contributed by atoms with E-state index in [4.69, 9.17) is 42.6 Å². The quantitative estimate of drug-likeness (QED) is 0.0225. The summed E-state index contributed by atoms with van der Waals surface area (Å²) in [6, 6.07) is 0.743. The molecule has 38 nitrogen and oxygen atoms in total. The lowest BCUT2D eigenvalue weighted by atomic mass is 9.81. The Bertz CT molecular complexity index is 3820. The van der Waals surface area contributed by atoms with Gasteiger partial charge in [-0.05, 0) is 194 Å². The van der Waals surface area contributed by atoms with Gasteiger partial charge < -0.3 is 112 Å². The van der Waals surface area contributed by atoms with Gasteiger partial charge in [0.2, 0.25) is 65.0 Å². The van der Waals surface area contributed by atoms with E-state index in [1.165, 1.54) is 58.0 Å². The van der Waals surface area contributed by atoms with E-state index >= 15 is 0 Å². The van der Waals surface area contributed by atoms with Crippen LogP contribution in [0, 0.1) is 47.3 Å². The molecule has 5 aliphatic heterocycles. The van der Waals surface area contributed by atoms with E-state index in [0.717, 1.165) is 30.6 Å². The molecule has 0 aromatic heterocycles. The van der Waals surface area contributed by atoms with Gasteiger partial charge >= 0.3 is 0 Å². The second kappa shape index (κ2) is 63.5. The van der Waals surface area contributed by atoms with E-state index in [2.05, 4.69) is 138 Å². The van der Waals surface area contributed by atoms with E-state index in [0.29, 0.717) is 123 Å². The monoisotopic (exact) mass is 1950 g/mol. The fourth-order valence-electron chi connectivity index (χ4n) is 18.3. The van der Waals surface area contributed by atoms with Crippen LogP contribution in [0.4, 0.5) is 0 Å². The molecular weight excluding hydrogens is 1780 g/mol. The van der Waals surface area contributed by atoms with Gasteiger partial charge in [0.05, 0.1) is 55.1 Å². The van der Waals surface area contributed by atoms with E-state index in [-0.39, 0.29) is 270 Å². The SMILES string of the molecule is CCC1OC(OCCCCC(=O)NCCCC[C@H](NC(=O)CCCCOC2OC(CC)C(C)C(C)C2NC(C)=O)C(=O)NCCNC(=O)c2cc(OCCNC(=O)CCCCCN3C(=O)C=CC3=O)cc(C(=O)NCCNC(=O)[C@H](CCCCNC(=O)CCCCOC3OC(CC)C(C)C(C)C3NC(C)=O)NC(=O)CCCCOC3OC(CC)C(C)C(C)C3NC(C)=O)c2)C(NC(C)=O)C(C)C1C. The van der Waals surface area contributed by atoms with Crippen LogP contribution < -0.4 is 73.9 Å². The molecule has 15 amide bonds. The van der Waals surface area contributed by atoms with E-state index in [9.17, 15) is 71.9 Å². The third-order valence-electron chi connectivity index (χ3n) is 27.3. The average molecular weight is 1950 g/mol. The van der Waals surface area contributed by atoms with Crippen molar-refractivity contribution in [3.63, 3.8) is 0 Å². The summed E-state index contributed by atoms with van der Waals surface area (Å²) in [5.41, 5.74) is -0.0451. The van der Waals surface area contributed by atoms with Crippen molar-refractivity contribution in [2.75, 3.05) is 85.4 Å². The third kappa shape index (κ3) is 41.1. The molecule has 1 aromatic rings. The van der Waals surface area contributed by atoms with Crippen LogP contribution in [0.2, 0.25) is 0 Å². The molecule has 4 fully saturated rings. The number of nitrogens with zero attached hydrogens (tertiary/aromatic N) is 1. The molecule has 5 aliphatic rings. The Morgan fingerprint density at radius 2 is 0.623 bits per heavy atom. The molecule has 0 saturated carbocycles. The number of carbonyl (C=O) groups is 15. The molecule has 0 radical (unpaired) electrons. The van der Waals surface area contributed by atoms with Crippen LogP contribution in [0.1, 0.15) is 298 Å². The number of ether oxygens (including phenoxy) is 9. The zero-order chi connectivity index (χ0) is 101. The van der Waals surface area contributed by atoms with Crippen LogP contribution in [-0.4, -0.2) is 265 Å². The highest BCUT2D eigenvalue weighted by molar-refractivity contribution is 6.13. The number of benzene rings is 1. The van der Waals surface area contributed by atoms with Gasteiger partial charge in [-0.3, -0.25) is 76.8 Å². The molecule has 13 N–H and O–H groups in total. The Hall–Kier alpha value is -9.31. The van der Waals surface area contributed by atoms with Gasteiger partial charge in [0.1, 0.15) is 24.4 Å². The Labute approximate surface area is 816 Å². The van der Waals surface area contributed by atoms with Gasteiger partial charge in [-0.1, -0.05) is 89.5 Å². The lowest BCUT2D eigenvalue weighted by Crippen LogP contribution is -2.57. The van der Waals surface area contributed by atoms with Gasteiger partial charge in [-0.25, -0.2) is 0 Å². The van der Waals surface area contributed by atoms with Crippen molar-refractivity contribution in [2.24, 2.45) is 47.3 Å². The van der Waals surface area contributed by atoms with Crippen LogP contribution >= 0.6 is 0 Å². The second-order valence-corrected chi connectivity index (χ2v) is 37.8. The van der Waals surface area contributed by atoms with Crippen molar-refractivity contribution >= 4 is 88.6 Å². The number of hydrogen-bond acceptors (Lipinski definition) is 24. The van der Waals surface area contributed by atoms with Crippen LogP contribution in [-0.2, 0) is 100 Å². The number of carbonyl (C=O) groups excluding carboxylic acids is 15. The summed E-state index contributed by atoms with van der Waals surface area (Å²) in [4.78, 5) is 197. The average Bonchev–Trinajstić information content (AvgIpc) is 1.47. The molecule has 138 heavy (non-hydrogen) atoms. The van der Waals surface area contributed by atoms with E-state index < -0.39 is 72.7 Å². The Morgan fingerprint density at radius 1 is 0.326 bits per heavy atom. The minimum atomic E-state index is -1.02. The maximum absolute atomic E-state index is 14.2. The van der Waals surface area contributed by atoms with Crippen LogP contribution in [0.5, 0.6) is 5.75 Å². The van der Waals surface area contributed by atoms with Gasteiger partial charge in [0.25, 0.3) is 23.6 Å². The van der Waals surface area contributed by atoms with Crippen molar-refractivity contribution in [3.05, 3.63) is 41.5 Å². The Morgan fingerprint density at radius 3 is 0.935 bits per heavy atom. The molecule has 0 bridgehead atoms. The first-order valence-electron chi connectivity index (χ1n) is 51.0. The third-order valence-corrected chi connectivity index (χ3v) is 27.3. The molecule has 22 atom stereocenters. The fourth-order valence-corrected chi connectivity index (χ4v) is 18.3. The summed E-state index contributed by atoms with van der Waals surface area (Å²) in [5.74, 6) is -4.04. The van der Waals surface area contributed by atoms with Crippen LogP contribution in [0.3, 0.4) is 0 Å². The van der Waals surface area contributed by atoms with Crippen molar-refractivity contribution in [1.82, 2.24) is 74.0 Å². The lowest BCUT2D eigenvalue weighted by Gasteiger charge is -2.44. The number of imide groups is 1. The predicted molar refractivity (Wildman–Crippen MR) is 516 cm³/mol. The summed E-state index contributed by atoms with van der Waals surface area (Å²) in [6.45, 7) is 32.2. The molecule has 780 valence electrons. The first-order valence-corrected chi connectivity index (χ1v) is 51.0. The van der Waals surface area contributed by atoms with Crippen molar-refractivity contribution in [3.8, 4) is 5.75 Å². The highest BCUT2D eigenvalue weighted by Gasteiger charge is 2.46. The number of nitrogens with one attached hydrogen (secondary N) is 13. The molecule has 38 heteroatoms. The van der Waals surface area contributed by atoms with Crippen molar-refractivity contribution in [2.45, 2.75) is 364 Å². The Balaban J connectivity index is 1.07. The first kappa shape index (κ1) is 117. The highest BCUT2D eigenvalue weighted by Crippen LogP contribution is 2.38. The number of rotatable bonds is 64. The molecule has 0 spiro atoms. The summed E-state index contributed by atoms with van der Waals surface area (Å²) >= 11 is 0. The smallest absolute Gasteiger partial charge is 0.253 e. The fraction of sp³-hybridized carbons (Fsp3) is 0.770. The van der Waals surface area contributed by atoms with Crippen LogP contribution in [0.25, 0.3) is 0 Å². The van der Waals surface area contributed by atoms with E-state index in [1.54, 1.807) is 0 Å². The number of hydrogen-bond donors (Lipinski definition) is 13. The molecule has 0 aliphatic carbocycles. The first-order chi connectivity index (χ1) is 66.0. The van der Waals surface area contributed by atoms with Gasteiger partial charge in [-0.15, -0.1) is 0 Å². The Kier molecular flexibility index (Phi) is 54.0. The summed E-state index contributed by atoms with van der Waals surface area (Å²) in [5, 5.41) is 37.7. The molecule has 4 saturated heterocycles. The number of amides is 15. The predicted octanol–water partition coefficient (Wildman–Crippen LogP) is 7.30. The van der Waals surface area contributed by atoms with Crippen LogP contribution in [0.15, 0.2) is 30.4 Å². The normalized spacial score (nSPS) is 25.5. The summed E-state index contributed by atoms with van der Waals surface area (Å²) in [7, 11) is 0. The molecule has 1 aromatic carbocycles. The molecule has 5 heterocycles. The zero-order valence-corrected chi connectivity index (χ0v) is 84.9. The molecule has 6 rings (SSSR count). The topological polar surface area (TPSA) is 499 Å². The number of unbranched alkanes of at least 4 members (excludes halogenated alkanes) is 8. The van der Waals surface area contributed by atoms with Crippen molar-refractivity contribution in [1.29, 1.82) is 0 Å². The maximum atomic E-state index is 14.2. The minimum Gasteiger partial charge on any atom is -0.492 e. The molecule has 20 unspecified atom stereocenters.